The van der Waals surface area contributed by atoms with Crippen molar-refractivity contribution in [2.45, 2.75) is 25.4 Å². The van der Waals surface area contributed by atoms with Gasteiger partial charge in [0.25, 0.3) is 0 Å². The number of piperidine rings is 1. The van der Waals surface area contributed by atoms with Crippen LogP contribution in [0.4, 0.5) is 11.6 Å². The zero-order valence-corrected chi connectivity index (χ0v) is 15.4. The highest BCUT2D eigenvalue weighted by atomic mass is 16.5. The molecule has 0 amide bonds. The molecular formula is C18H25N5O3. The second-order valence-corrected chi connectivity index (χ2v) is 6.65. The van der Waals surface area contributed by atoms with Crippen LogP contribution in [0.25, 0.3) is 0 Å². The van der Waals surface area contributed by atoms with E-state index in [1.54, 1.807) is 6.33 Å². The molecule has 26 heavy (non-hydrogen) atoms. The van der Waals surface area contributed by atoms with Gasteiger partial charge in [-0.25, -0.2) is 9.97 Å². The lowest BCUT2D eigenvalue weighted by Gasteiger charge is -2.33. The van der Waals surface area contributed by atoms with Crippen molar-refractivity contribution in [3.63, 3.8) is 0 Å². The van der Waals surface area contributed by atoms with Gasteiger partial charge in [-0.2, -0.15) is 0 Å². The van der Waals surface area contributed by atoms with Crippen molar-refractivity contribution in [3.05, 3.63) is 40.7 Å². The number of nitrogens with zero attached hydrogens (tertiary/aromatic N) is 4. The van der Waals surface area contributed by atoms with Crippen LogP contribution in [-0.2, 0) is 6.54 Å². The fourth-order valence-electron chi connectivity index (χ4n) is 3.09. The van der Waals surface area contributed by atoms with Crippen LogP contribution >= 0.6 is 0 Å². The third-order valence-corrected chi connectivity index (χ3v) is 4.42. The predicted octanol–water partition coefficient (Wildman–Crippen LogP) is 1.58. The van der Waals surface area contributed by atoms with Crippen LogP contribution in [0.2, 0.25) is 0 Å². The molecule has 1 N–H and O–H groups in total. The molecule has 1 aliphatic heterocycles. The molecule has 2 aromatic heterocycles. The van der Waals surface area contributed by atoms with Crippen molar-refractivity contribution < 1.29 is 9.15 Å². The molecule has 8 nitrogen and oxygen atoms in total. The standard InChI is InChI=1S/C18H25N5O3/c1-22(2)18-8-17(19-12-20-18)21-13-5-4-6-23(9-13)10-14-7-15(24)16(25-3)11-26-14/h7-8,11-13H,4-6,9-10H2,1-3H3,(H,19,20,21). The molecule has 1 aliphatic rings. The largest absolute Gasteiger partial charge is 0.490 e. The summed E-state index contributed by atoms with van der Waals surface area (Å²) < 4.78 is 10.5. The summed E-state index contributed by atoms with van der Waals surface area (Å²) in [5, 5.41) is 3.49. The Balaban J connectivity index is 1.61. The van der Waals surface area contributed by atoms with E-state index in [2.05, 4.69) is 20.2 Å². The quantitative estimate of drug-likeness (QED) is 0.832. The summed E-state index contributed by atoms with van der Waals surface area (Å²) in [7, 11) is 5.37. The highest BCUT2D eigenvalue weighted by Gasteiger charge is 2.21. The maximum absolute atomic E-state index is 11.9. The minimum Gasteiger partial charge on any atom is -0.490 e. The lowest BCUT2D eigenvalue weighted by Crippen LogP contribution is -2.41. The Bertz CT molecular complexity index is 792. The molecule has 0 bridgehead atoms. The van der Waals surface area contributed by atoms with Crippen molar-refractivity contribution in [2.75, 3.05) is 44.5 Å². The molecule has 0 aromatic carbocycles. The Hall–Kier alpha value is -2.61. The van der Waals surface area contributed by atoms with Gasteiger partial charge in [0.2, 0.25) is 11.2 Å². The molecule has 1 atom stereocenters. The van der Waals surface area contributed by atoms with E-state index in [0.29, 0.717) is 18.3 Å². The zero-order valence-electron chi connectivity index (χ0n) is 15.4. The Morgan fingerprint density at radius 2 is 2.23 bits per heavy atom. The molecule has 0 aliphatic carbocycles. The molecule has 1 fully saturated rings. The fourth-order valence-corrected chi connectivity index (χ4v) is 3.09. The van der Waals surface area contributed by atoms with Crippen LogP contribution in [0.5, 0.6) is 5.75 Å². The van der Waals surface area contributed by atoms with Gasteiger partial charge in [-0.1, -0.05) is 0 Å². The normalized spacial score (nSPS) is 17.7. The summed E-state index contributed by atoms with van der Waals surface area (Å²) in [5.41, 5.74) is -0.155. The second-order valence-electron chi connectivity index (χ2n) is 6.65. The Morgan fingerprint density at radius 3 is 2.96 bits per heavy atom. The maximum atomic E-state index is 11.9. The molecule has 1 saturated heterocycles. The molecule has 8 heteroatoms. The van der Waals surface area contributed by atoms with Crippen LogP contribution < -0.4 is 20.4 Å². The number of aromatic nitrogens is 2. The molecule has 0 saturated carbocycles. The summed E-state index contributed by atoms with van der Waals surface area (Å²) in [6, 6.07) is 3.74. The van der Waals surface area contributed by atoms with Crippen molar-refractivity contribution in [1.82, 2.24) is 14.9 Å². The Kier molecular flexibility index (Phi) is 5.72. The van der Waals surface area contributed by atoms with Crippen LogP contribution in [0.15, 0.2) is 33.9 Å². The third kappa shape index (κ3) is 4.51. The van der Waals surface area contributed by atoms with Gasteiger partial charge in [-0.3, -0.25) is 9.69 Å². The average molecular weight is 359 g/mol. The highest BCUT2D eigenvalue weighted by Crippen LogP contribution is 2.18. The second kappa shape index (κ2) is 8.18. The molecular weight excluding hydrogens is 334 g/mol. The SMILES string of the molecule is COc1coc(CN2CCCC(Nc3cc(N(C)C)ncn3)C2)cc1=O. The molecule has 140 valence electrons. The smallest absolute Gasteiger partial charge is 0.227 e. The van der Waals surface area contributed by atoms with Gasteiger partial charge in [0, 0.05) is 38.8 Å². The summed E-state index contributed by atoms with van der Waals surface area (Å²) in [5.74, 6) is 2.57. The van der Waals surface area contributed by atoms with Gasteiger partial charge in [0.05, 0.1) is 13.7 Å². The maximum Gasteiger partial charge on any atom is 0.227 e. The number of anilines is 2. The Labute approximate surface area is 152 Å². The van der Waals surface area contributed by atoms with Crippen molar-refractivity contribution in [2.24, 2.45) is 0 Å². The van der Waals surface area contributed by atoms with E-state index < -0.39 is 0 Å². The molecule has 1 unspecified atom stereocenters. The fraction of sp³-hybridized carbons (Fsp3) is 0.500. The van der Waals surface area contributed by atoms with E-state index in [1.807, 2.05) is 25.1 Å². The van der Waals surface area contributed by atoms with Crippen molar-refractivity contribution in [1.29, 1.82) is 0 Å². The monoisotopic (exact) mass is 359 g/mol. The van der Waals surface area contributed by atoms with E-state index in [-0.39, 0.29) is 11.2 Å². The molecule has 3 rings (SSSR count). The van der Waals surface area contributed by atoms with Gasteiger partial charge < -0.3 is 19.4 Å². The average Bonchev–Trinajstić information content (AvgIpc) is 2.62. The van der Waals surface area contributed by atoms with E-state index in [4.69, 9.17) is 9.15 Å². The summed E-state index contributed by atoms with van der Waals surface area (Å²) in [6.45, 7) is 2.43. The number of ether oxygens (including phenoxy) is 1. The lowest BCUT2D eigenvalue weighted by atomic mass is 10.1. The topological polar surface area (TPSA) is 83.7 Å². The lowest BCUT2D eigenvalue weighted by molar-refractivity contribution is 0.192. The van der Waals surface area contributed by atoms with Crippen molar-refractivity contribution in [3.8, 4) is 5.75 Å². The first-order valence-corrected chi connectivity index (χ1v) is 8.69. The Morgan fingerprint density at radius 1 is 1.38 bits per heavy atom. The predicted molar refractivity (Wildman–Crippen MR) is 99.8 cm³/mol. The first kappa shape index (κ1) is 18.2. The van der Waals surface area contributed by atoms with E-state index in [9.17, 15) is 4.79 Å². The van der Waals surface area contributed by atoms with Gasteiger partial charge in [-0.05, 0) is 19.4 Å². The van der Waals surface area contributed by atoms with Crippen LogP contribution in [0.1, 0.15) is 18.6 Å². The van der Waals surface area contributed by atoms with E-state index >= 15 is 0 Å². The van der Waals surface area contributed by atoms with E-state index in [0.717, 1.165) is 37.6 Å². The van der Waals surface area contributed by atoms with Gasteiger partial charge in [0.1, 0.15) is 30.0 Å². The van der Waals surface area contributed by atoms with Gasteiger partial charge in [0.15, 0.2) is 0 Å². The number of hydrogen-bond acceptors (Lipinski definition) is 8. The summed E-state index contributed by atoms with van der Waals surface area (Å²) in [4.78, 5) is 24.7. The van der Waals surface area contributed by atoms with Gasteiger partial charge in [-0.15, -0.1) is 0 Å². The minimum atomic E-state index is -0.155. The van der Waals surface area contributed by atoms with Crippen LogP contribution in [0.3, 0.4) is 0 Å². The minimum absolute atomic E-state index is 0.155. The molecule has 3 heterocycles. The molecule has 0 spiro atoms. The number of hydrogen-bond donors (Lipinski definition) is 1. The number of rotatable bonds is 6. The van der Waals surface area contributed by atoms with Crippen LogP contribution in [0, 0.1) is 0 Å². The zero-order chi connectivity index (χ0) is 18.5. The third-order valence-electron chi connectivity index (χ3n) is 4.42. The van der Waals surface area contributed by atoms with Gasteiger partial charge >= 0.3 is 0 Å². The first-order valence-electron chi connectivity index (χ1n) is 8.69. The van der Waals surface area contributed by atoms with Crippen molar-refractivity contribution >= 4 is 11.6 Å². The highest BCUT2D eigenvalue weighted by molar-refractivity contribution is 5.47. The first-order chi connectivity index (χ1) is 12.5. The van der Waals surface area contributed by atoms with E-state index in [1.165, 1.54) is 19.4 Å². The summed E-state index contributed by atoms with van der Waals surface area (Å²) >= 11 is 0. The summed E-state index contributed by atoms with van der Waals surface area (Å²) in [6.07, 6.45) is 5.10. The molecule has 0 radical (unpaired) electrons. The number of methoxy groups -OCH3 is 1. The number of likely N-dealkylation sites (tertiary alicyclic amines) is 1. The number of nitrogens with one attached hydrogen (secondary N) is 1. The molecule has 2 aromatic rings. The van der Waals surface area contributed by atoms with Crippen LogP contribution in [-0.4, -0.2) is 55.2 Å².